The highest BCUT2D eigenvalue weighted by Crippen LogP contribution is 2.33. The molecule has 2 heterocycles. The van der Waals surface area contributed by atoms with Crippen molar-refractivity contribution in [3.63, 3.8) is 0 Å². The lowest BCUT2D eigenvalue weighted by molar-refractivity contribution is -0.122. The van der Waals surface area contributed by atoms with Gasteiger partial charge in [0.05, 0.1) is 17.1 Å². The quantitative estimate of drug-likeness (QED) is 0.687. The first kappa shape index (κ1) is 18.7. The smallest absolute Gasteiger partial charge is 0.243 e. The number of sulfonamides is 1. The summed E-state index contributed by atoms with van der Waals surface area (Å²) in [4.78, 5) is 17.9. The molecule has 0 atom stereocenters. The normalized spacial score (nSPS) is 17.7. The molecule has 29 heavy (non-hydrogen) atoms. The van der Waals surface area contributed by atoms with Crippen LogP contribution in [0, 0.1) is 5.92 Å². The second-order valence-corrected chi connectivity index (χ2v) is 10.6. The number of anilines is 1. The Labute approximate surface area is 173 Å². The van der Waals surface area contributed by atoms with Crippen LogP contribution in [-0.2, 0) is 27.8 Å². The topological polar surface area (TPSA) is 79.4 Å². The Hall–Kier alpha value is -2.29. The molecule has 1 aromatic heterocycles. The fourth-order valence-corrected chi connectivity index (χ4v) is 6.34. The van der Waals surface area contributed by atoms with Crippen molar-refractivity contribution >= 4 is 43.2 Å². The van der Waals surface area contributed by atoms with E-state index >= 15 is 0 Å². The fourth-order valence-electron chi connectivity index (χ4n) is 3.79. The van der Waals surface area contributed by atoms with Gasteiger partial charge in [0, 0.05) is 23.8 Å². The molecule has 5 rings (SSSR count). The number of thiazole rings is 1. The first-order chi connectivity index (χ1) is 14.0. The Morgan fingerprint density at radius 3 is 2.69 bits per heavy atom. The standard InChI is InChI=1S/C21H21N3O3S2/c25-20(15-6-3-7-15)23-21-22-18-10-11-24(13-19(18)28-21)29(26,27)17-9-8-14-4-1-2-5-16(14)12-17/h1-2,4-5,8-9,12,15H,3,6-7,10-11,13H2,(H,22,23,25). The Balaban J connectivity index is 1.37. The van der Waals surface area contributed by atoms with Crippen molar-refractivity contribution < 1.29 is 13.2 Å². The van der Waals surface area contributed by atoms with Gasteiger partial charge in [0.15, 0.2) is 5.13 Å². The third-order valence-corrected chi connectivity index (χ3v) is 8.60. The van der Waals surface area contributed by atoms with Gasteiger partial charge in [-0.05, 0) is 35.7 Å². The maximum atomic E-state index is 13.2. The highest BCUT2D eigenvalue weighted by Gasteiger charge is 2.31. The van der Waals surface area contributed by atoms with Crippen molar-refractivity contribution in [2.45, 2.75) is 37.1 Å². The molecule has 6 nitrogen and oxygen atoms in total. The maximum absolute atomic E-state index is 13.2. The van der Waals surface area contributed by atoms with Gasteiger partial charge in [-0.1, -0.05) is 36.8 Å². The zero-order valence-electron chi connectivity index (χ0n) is 15.8. The number of amides is 1. The summed E-state index contributed by atoms with van der Waals surface area (Å²) in [5.41, 5.74) is 0.892. The Morgan fingerprint density at radius 1 is 1.14 bits per heavy atom. The minimum atomic E-state index is -3.59. The van der Waals surface area contributed by atoms with E-state index < -0.39 is 10.0 Å². The first-order valence-electron chi connectivity index (χ1n) is 9.79. The number of aromatic nitrogens is 1. The lowest BCUT2D eigenvalue weighted by Crippen LogP contribution is -2.35. The predicted octanol–water partition coefficient (Wildman–Crippen LogP) is 3.78. The van der Waals surface area contributed by atoms with Crippen molar-refractivity contribution in [2.75, 3.05) is 11.9 Å². The molecule has 1 N–H and O–H groups in total. The minimum absolute atomic E-state index is 0.0305. The van der Waals surface area contributed by atoms with Gasteiger partial charge in [-0.3, -0.25) is 4.79 Å². The molecule has 1 aliphatic heterocycles. The first-order valence-corrected chi connectivity index (χ1v) is 12.0. The number of hydrogen-bond donors (Lipinski definition) is 1. The average molecular weight is 428 g/mol. The fraction of sp³-hybridized carbons (Fsp3) is 0.333. The molecule has 0 spiro atoms. The summed E-state index contributed by atoms with van der Waals surface area (Å²) in [6, 6.07) is 13.0. The van der Waals surface area contributed by atoms with E-state index in [1.165, 1.54) is 15.6 Å². The SMILES string of the molecule is O=C(Nc1nc2c(s1)CN(S(=O)(=O)c1ccc3ccccc3c1)CC2)C1CCC1. The van der Waals surface area contributed by atoms with Crippen LogP contribution in [0.25, 0.3) is 10.8 Å². The van der Waals surface area contributed by atoms with Crippen LogP contribution in [-0.4, -0.2) is 30.2 Å². The van der Waals surface area contributed by atoms with Crippen LogP contribution >= 0.6 is 11.3 Å². The van der Waals surface area contributed by atoms with Crippen molar-refractivity contribution in [3.05, 3.63) is 53.0 Å². The van der Waals surface area contributed by atoms with Crippen LogP contribution in [0.5, 0.6) is 0 Å². The third-order valence-electron chi connectivity index (χ3n) is 5.76. The predicted molar refractivity (Wildman–Crippen MR) is 113 cm³/mol. The van der Waals surface area contributed by atoms with Crippen molar-refractivity contribution in [2.24, 2.45) is 5.92 Å². The number of nitrogens with zero attached hydrogens (tertiary/aromatic N) is 2. The summed E-state index contributed by atoms with van der Waals surface area (Å²) in [5.74, 6) is 0.128. The molecule has 0 radical (unpaired) electrons. The zero-order valence-corrected chi connectivity index (χ0v) is 17.4. The summed E-state index contributed by atoms with van der Waals surface area (Å²) in [7, 11) is -3.59. The van der Waals surface area contributed by atoms with Crippen LogP contribution in [0.1, 0.15) is 29.8 Å². The number of nitrogens with one attached hydrogen (secondary N) is 1. The Kier molecular flexibility index (Phi) is 4.64. The molecule has 150 valence electrons. The summed E-state index contributed by atoms with van der Waals surface area (Å²) >= 11 is 1.38. The number of rotatable bonds is 4. The molecule has 0 saturated heterocycles. The van der Waals surface area contributed by atoms with Crippen LogP contribution in [0.15, 0.2) is 47.4 Å². The number of carbonyl (C=O) groups is 1. The number of hydrogen-bond acceptors (Lipinski definition) is 5. The molecule has 1 fully saturated rings. The van der Waals surface area contributed by atoms with Gasteiger partial charge in [-0.15, -0.1) is 11.3 Å². The molecule has 8 heteroatoms. The summed E-state index contributed by atoms with van der Waals surface area (Å²) in [6.07, 6.45) is 3.54. The van der Waals surface area contributed by atoms with Crippen molar-refractivity contribution in [3.8, 4) is 0 Å². The van der Waals surface area contributed by atoms with Crippen LogP contribution in [0.3, 0.4) is 0 Å². The second kappa shape index (κ2) is 7.19. The van der Waals surface area contributed by atoms with E-state index in [0.29, 0.717) is 29.5 Å². The number of carbonyl (C=O) groups excluding carboxylic acids is 1. The lowest BCUT2D eigenvalue weighted by atomic mass is 9.85. The van der Waals surface area contributed by atoms with E-state index in [0.717, 1.165) is 40.6 Å². The molecule has 0 unspecified atom stereocenters. The molecule has 0 bridgehead atoms. The molecule has 3 aromatic rings. The molecule has 1 amide bonds. The van der Waals surface area contributed by atoms with Crippen LogP contribution in [0.4, 0.5) is 5.13 Å². The second-order valence-electron chi connectivity index (χ2n) is 7.60. The van der Waals surface area contributed by atoms with Gasteiger partial charge in [-0.2, -0.15) is 4.31 Å². The highest BCUT2D eigenvalue weighted by molar-refractivity contribution is 7.89. The number of benzene rings is 2. The summed E-state index contributed by atoms with van der Waals surface area (Å²) in [6.45, 7) is 0.684. The van der Waals surface area contributed by atoms with Gasteiger partial charge in [0.25, 0.3) is 0 Å². The molecule has 2 aliphatic rings. The van der Waals surface area contributed by atoms with E-state index in [1.54, 1.807) is 12.1 Å². The van der Waals surface area contributed by atoms with E-state index in [2.05, 4.69) is 10.3 Å². The molecule has 1 saturated carbocycles. The van der Waals surface area contributed by atoms with E-state index in [4.69, 9.17) is 0 Å². The van der Waals surface area contributed by atoms with Crippen molar-refractivity contribution in [1.82, 2.24) is 9.29 Å². The lowest BCUT2D eigenvalue weighted by Gasteiger charge is -2.25. The van der Waals surface area contributed by atoms with Crippen LogP contribution < -0.4 is 5.32 Å². The van der Waals surface area contributed by atoms with E-state index in [-0.39, 0.29) is 11.8 Å². The van der Waals surface area contributed by atoms with Gasteiger partial charge >= 0.3 is 0 Å². The Bertz CT molecular complexity index is 1200. The maximum Gasteiger partial charge on any atom is 0.243 e. The largest absolute Gasteiger partial charge is 0.302 e. The summed E-state index contributed by atoms with van der Waals surface area (Å²) < 4.78 is 27.9. The molecule has 2 aromatic carbocycles. The average Bonchev–Trinajstić information content (AvgIpc) is 3.07. The van der Waals surface area contributed by atoms with Gasteiger partial charge in [0.1, 0.15) is 0 Å². The molecule has 1 aliphatic carbocycles. The monoisotopic (exact) mass is 427 g/mol. The van der Waals surface area contributed by atoms with E-state index in [9.17, 15) is 13.2 Å². The Morgan fingerprint density at radius 2 is 1.93 bits per heavy atom. The third kappa shape index (κ3) is 3.45. The van der Waals surface area contributed by atoms with Crippen LogP contribution in [0.2, 0.25) is 0 Å². The molecular formula is C21H21N3O3S2. The van der Waals surface area contributed by atoms with Gasteiger partial charge in [-0.25, -0.2) is 13.4 Å². The van der Waals surface area contributed by atoms with E-state index in [1.807, 2.05) is 30.3 Å². The zero-order chi connectivity index (χ0) is 20.0. The van der Waals surface area contributed by atoms with Gasteiger partial charge < -0.3 is 5.32 Å². The number of fused-ring (bicyclic) bond motifs is 2. The summed E-state index contributed by atoms with van der Waals surface area (Å²) in [5, 5.41) is 5.41. The van der Waals surface area contributed by atoms with Gasteiger partial charge in [0.2, 0.25) is 15.9 Å². The highest BCUT2D eigenvalue weighted by atomic mass is 32.2. The molecular weight excluding hydrogens is 406 g/mol. The van der Waals surface area contributed by atoms with Crippen molar-refractivity contribution in [1.29, 1.82) is 0 Å². The minimum Gasteiger partial charge on any atom is -0.302 e.